The molecule has 1 N–H and O–H groups in total. The Morgan fingerprint density at radius 3 is 1.22 bits per heavy atom. The lowest BCUT2D eigenvalue weighted by Crippen LogP contribution is -2.01. The molecule has 0 unspecified atom stereocenters. The highest BCUT2D eigenvalue weighted by Crippen LogP contribution is 2.63. The minimum absolute atomic E-state index is 0.162. The van der Waals surface area contributed by atoms with Crippen LogP contribution in [0.15, 0.2) is 97.1 Å². The molecule has 1 aliphatic heterocycles. The molecule has 9 heteroatoms. The number of rotatable bonds is 6. The lowest BCUT2D eigenvalue weighted by atomic mass is 9.86. The Balaban J connectivity index is 1.73. The van der Waals surface area contributed by atoms with E-state index in [1.807, 2.05) is 72.8 Å². The number of phosphoric ester groups is 1. The van der Waals surface area contributed by atoms with Crippen LogP contribution in [0.4, 0.5) is 0 Å². The van der Waals surface area contributed by atoms with Gasteiger partial charge in [0.2, 0.25) is 0 Å². The Labute approximate surface area is 259 Å². The van der Waals surface area contributed by atoms with Gasteiger partial charge >= 0.3 is 7.82 Å². The smallest absolute Gasteiger partial charge is 0.496 e. The average Bonchev–Trinajstić information content (AvgIpc) is 3.20. The summed E-state index contributed by atoms with van der Waals surface area (Å²) >= 11 is 0. The van der Waals surface area contributed by atoms with Crippen LogP contribution in [0.25, 0.3) is 54.9 Å². The van der Waals surface area contributed by atoms with E-state index in [-0.39, 0.29) is 11.5 Å². The van der Waals surface area contributed by atoms with Gasteiger partial charge in [-0.1, -0.05) is 60.7 Å². The van der Waals surface area contributed by atoms with Gasteiger partial charge in [0.25, 0.3) is 0 Å². The number of benzene rings is 6. The van der Waals surface area contributed by atoms with Gasteiger partial charge in [-0.25, -0.2) is 4.57 Å². The standard InChI is InChI=1S/C36H29O8P/c1-39-27-15-9-16-28(40-2)31(27)25-19-21-11-5-7-13-23(21)33-34-24-14-8-6-12-22(24)20-26(36(34)44-45(37,38)43-35(25)33)32-29(41-3)17-10-18-30(32)42-4/h5-20H,1-4H3,(H,37,38). The van der Waals surface area contributed by atoms with Crippen molar-refractivity contribution in [1.29, 1.82) is 0 Å². The Bertz CT molecular complexity index is 1980. The maximum atomic E-state index is 14.0. The summed E-state index contributed by atoms with van der Waals surface area (Å²) in [5.41, 5.74) is 3.33. The topological polar surface area (TPSA) is 92.7 Å². The molecule has 8 nitrogen and oxygen atoms in total. The lowest BCUT2D eigenvalue weighted by Gasteiger charge is -2.21. The van der Waals surface area contributed by atoms with Gasteiger partial charge in [-0.3, -0.25) is 4.89 Å². The quantitative estimate of drug-likeness (QED) is 0.185. The van der Waals surface area contributed by atoms with E-state index in [1.165, 1.54) is 0 Å². The van der Waals surface area contributed by atoms with Crippen LogP contribution in [0, 0.1) is 0 Å². The van der Waals surface area contributed by atoms with Crippen molar-refractivity contribution in [2.75, 3.05) is 28.4 Å². The van der Waals surface area contributed by atoms with Crippen LogP contribution < -0.4 is 28.0 Å². The summed E-state index contributed by atoms with van der Waals surface area (Å²) in [5.74, 6) is 2.35. The summed E-state index contributed by atoms with van der Waals surface area (Å²) in [6, 6.07) is 30.3. The zero-order valence-corrected chi connectivity index (χ0v) is 25.9. The highest BCUT2D eigenvalue weighted by Gasteiger charge is 2.39. The van der Waals surface area contributed by atoms with Gasteiger partial charge in [-0.2, -0.15) is 0 Å². The van der Waals surface area contributed by atoms with E-state index in [0.717, 1.165) is 21.5 Å². The molecule has 0 atom stereocenters. The fourth-order valence-electron chi connectivity index (χ4n) is 6.20. The van der Waals surface area contributed by atoms with Gasteiger partial charge in [0.1, 0.15) is 34.5 Å². The number of methoxy groups -OCH3 is 4. The van der Waals surface area contributed by atoms with E-state index in [2.05, 4.69) is 0 Å². The average molecular weight is 621 g/mol. The van der Waals surface area contributed by atoms with E-state index in [1.54, 1.807) is 52.7 Å². The molecule has 0 spiro atoms. The number of phosphoric acid groups is 1. The van der Waals surface area contributed by atoms with Crippen molar-refractivity contribution in [3.05, 3.63) is 97.1 Å². The highest BCUT2D eigenvalue weighted by molar-refractivity contribution is 7.48. The molecule has 0 bridgehead atoms. The van der Waals surface area contributed by atoms with Gasteiger partial charge in [0.05, 0.1) is 39.6 Å². The monoisotopic (exact) mass is 620 g/mol. The van der Waals surface area contributed by atoms with Crippen molar-refractivity contribution in [1.82, 2.24) is 0 Å². The first-order chi connectivity index (χ1) is 21.9. The second-order valence-electron chi connectivity index (χ2n) is 10.4. The number of hydrogen-bond acceptors (Lipinski definition) is 7. The Hall–Kier alpha value is -5.17. The van der Waals surface area contributed by atoms with Crippen molar-refractivity contribution in [2.24, 2.45) is 0 Å². The first-order valence-electron chi connectivity index (χ1n) is 14.2. The molecule has 0 radical (unpaired) electrons. The largest absolute Gasteiger partial charge is 0.584 e. The molecule has 0 amide bonds. The summed E-state index contributed by atoms with van der Waals surface area (Å²) in [6.07, 6.45) is 0. The summed E-state index contributed by atoms with van der Waals surface area (Å²) in [4.78, 5) is 11.4. The van der Waals surface area contributed by atoms with Crippen LogP contribution in [0.1, 0.15) is 0 Å². The predicted octanol–water partition coefficient (Wildman–Crippen LogP) is 8.90. The summed E-state index contributed by atoms with van der Waals surface area (Å²) in [6.45, 7) is 0. The highest BCUT2D eigenvalue weighted by atomic mass is 31.2. The van der Waals surface area contributed by atoms with Crippen molar-refractivity contribution in [3.63, 3.8) is 0 Å². The lowest BCUT2D eigenvalue weighted by molar-refractivity contribution is 0.295. The van der Waals surface area contributed by atoms with Crippen molar-refractivity contribution in [2.45, 2.75) is 0 Å². The predicted molar refractivity (Wildman–Crippen MR) is 175 cm³/mol. The molecule has 45 heavy (non-hydrogen) atoms. The van der Waals surface area contributed by atoms with Crippen LogP contribution in [0.5, 0.6) is 34.5 Å². The molecule has 1 aliphatic rings. The van der Waals surface area contributed by atoms with Crippen LogP contribution in [0.3, 0.4) is 0 Å². The van der Waals surface area contributed by atoms with Crippen LogP contribution in [0.2, 0.25) is 0 Å². The van der Waals surface area contributed by atoms with Gasteiger partial charge in [0, 0.05) is 22.3 Å². The molecular formula is C36H29O8P. The van der Waals surface area contributed by atoms with Crippen molar-refractivity contribution < 1.29 is 37.5 Å². The van der Waals surface area contributed by atoms with E-state index in [9.17, 15) is 9.46 Å². The fourth-order valence-corrected chi connectivity index (χ4v) is 7.08. The first kappa shape index (κ1) is 28.6. The van der Waals surface area contributed by atoms with Crippen LogP contribution in [-0.4, -0.2) is 33.3 Å². The Kier molecular flexibility index (Phi) is 7.04. The maximum Gasteiger partial charge on any atom is 0.584 e. The second-order valence-corrected chi connectivity index (χ2v) is 11.7. The Morgan fingerprint density at radius 2 is 0.867 bits per heavy atom. The third-order valence-corrected chi connectivity index (χ3v) is 8.89. The van der Waals surface area contributed by atoms with Gasteiger partial charge in [-0.15, -0.1) is 0 Å². The first-order valence-corrected chi connectivity index (χ1v) is 15.6. The molecule has 0 saturated heterocycles. The number of hydrogen-bond donors (Lipinski definition) is 1. The Morgan fingerprint density at radius 1 is 0.511 bits per heavy atom. The zero-order chi connectivity index (χ0) is 31.3. The SMILES string of the molecule is COc1cccc(OC)c1-c1cc2ccccc2c2c1OP(=O)(O)Oc1c(-c3c(OC)cccc3OC)cc3ccccc3c1-2. The molecule has 0 saturated carbocycles. The third kappa shape index (κ3) is 4.62. The summed E-state index contributed by atoms with van der Waals surface area (Å²) in [7, 11) is 1.45. The molecular weight excluding hydrogens is 591 g/mol. The molecule has 0 aromatic heterocycles. The zero-order valence-electron chi connectivity index (χ0n) is 25.0. The molecule has 6 aromatic rings. The summed E-state index contributed by atoms with van der Waals surface area (Å²) < 4.78 is 49.3. The van der Waals surface area contributed by atoms with E-state index < -0.39 is 7.82 Å². The van der Waals surface area contributed by atoms with E-state index in [0.29, 0.717) is 56.4 Å². The third-order valence-electron chi connectivity index (χ3n) is 8.06. The van der Waals surface area contributed by atoms with E-state index in [4.69, 9.17) is 28.0 Å². The minimum atomic E-state index is -4.80. The molecule has 1 heterocycles. The van der Waals surface area contributed by atoms with Crippen molar-refractivity contribution in [3.8, 4) is 67.9 Å². The van der Waals surface area contributed by atoms with Gasteiger partial charge in [-0.05, 0) is 57.9 Å². The number of fused-ring (bicyclic) bond motifs is 7. The van der Waals surface area contributed by atoms with Gasteiger partial charge in [0.15, 0.2) is 0 Å². The van der Waals surface area contributed by atoms with Crippen molar-refractivity contribution >= 4 is 29.4 Å². The van der Waals surface area contributed by atoms with E-state index >= 15 is 0 Å². The summed E-state index contributed by atoms with van der Waals surface area (Å²) in [5, 5.41) is 3.33. The van der Waals surface area contributed by atoms with Gasteiger partial charge < -0.3 is 28.0 Å². The minimum Gasteiger partial charge on any atom is -0.496 e. The molecule has 7 rings (SSSR count). The molecule has 0 aliphatic carbocycles. The number of ether oxygens (including phenoxy) is 4. The fraction of sp³-hybridized carbons (Fsp3) is 0.111. The maximum absolute atomic E-state index is 14.0. The second kappa shape index (κ2) is 11.1. The van der Waals surface area contributed by atoms with Crippen LogP contribution in [-0.2, 0) is 4.57 Å². The normalized spacial score (nSPS) is 13.2. The molecule has 226 valence electrons. The molecule has 6 aromatic carbocycles. The molecule has 0 fully saturated rings. The van der Waals surface area contributed by atoms with Crippen LogP contribution >= 0.6 is 7.82 Å².